The summed E-state index contributed by atoms with van der Waals surface area (Å²) in [6, 6.07) is 11.6. The number of nitrogen functional groups attached to an aromatic ring is 1. The van der Waals surface area contributed by atoms with Crippen LogP contribution in [0.25, 0.3) is 0 Å². The summed E-state index contributed by atoms with van der Waals surface area (Å²) < 4.78 is 0.953. The van der Waals surface area contributed by atoms with Gasteiger partial charge in [0.15, 0.2) is 0 Å². The van der Waals surface area contributed by atoms with Crippen molar-refractivity contribution in [2.45, 2.75) is 18.7 Å². The van der Waals surface area contributed by atoms with Crippen molar-refractivity contribution in [3.8, 4) is 0 Å². The second kappa shape index (κ2) is 7.00. The average molecular weight is 365 g/mol. The predicted molar refractivity (Wildman–Crippen MR) is 93.8 cm³/mol. The molecule has 3 nitrogen and oxygen atoms in total. The van der Waals surface area contributed by atoms with Crippen molar-refractivity contribution in [1.82, 2.24) is 0 Å². The van der Waals surface area contributed by atoms with Gasteiger partial charge in [-0.3, -0.25) is 4.79 Å². The number of benzene rings is 2. The fourth-order valence-electron chi connectivity index (χ4n) is 1.83. The summed E-state index contributed by atoms with van der Waals surface area (Å²) in [4.78, 5) is 13.0. The largest absolute Gasteiger partial charge is 0.398 e. The van der Waals surface area contributed by atoms with Crippen molar-refractivity contribution in [2.24, 2.45) is 0 Å². The van der Waals surface area contributed by atoms with Crippen molar-refractivity contribution < 1.29 is 4.79 Å². The Kier molecular flexibility index (Phi) is 5.31. The smallest absolute Gasteiger partial charge is 0.234 e. The molecule has 5 heteroatoms. The third-order valence-corrected chi connectivity index (χ3v) is 4.57. The van der Waals surface area contributed by atoms with E-state index >= 15 is 0 Å². The highest BCUT2D eigenvalue weighted by molar-refractivity contribution is 9.10. The van der Waals surface area contributed by atoms with E-state index < -0.39 is 0 Å². The fourth-order valence-corrected chi connectivity index (χ4v) is 3.15. The number of hydrogen-bond donors (Lipinski definition) is 2. The van der Waals surface area contributed by atoms with Crippen LogP contribution >= 0.6 is 27.7 Å². The first-order valence-corrected chi connectivity index (χ1v) is 8.28. The molecule has 0 bridgehead atoms. The standard InChI is InChI=1S/C16H17BrN2OS/c1-10-3-4-11(2)14(7-10)19-16(20)9-21-15-8-12(17)5-6-13(15)18/h3-8H,9,18H2,1-2H3,(H,19,20). The summed E-state index contributed by atoms with van der Waals surface area (Å²) in [6.07, 6.45) is 0. The van der Waals surface area contributed by atoms with E-state index in [1.54, 1.807) is 0 Å². The van der Waals surface area contributed by atoms with Gasteiger partial charge >= 0.3 is 0 Å². The number of amides is 1. The van der Waals surface area contributed by atoms with Crippen LogP contribution in [0.4, 0.5) is 11.4 Å². The molecule has 0 radical (unpaired) electrons. The van der Waals surface area contributed by atoms with Crippen molar-refractivity contribution in [3.05, 3.63) is 52.0 Å². The van der Waals surface area contributed by atoms with Gasteiger partial charge < -0.3 is 11.1 Å². The summed E-state index contributed by atoms with van der Waals surface area (Å²) in [7, 11) is 0. The quantitative estimate of drug-likeness (QED) is 0.625. The van der Waals surface area contributed by atoms with Crippen molar-refractivity contribution in [1.29, 1.82) is 0 Å². The molecule has 1 amide bonds. The first-order chi connectivity index (χ1) is 9.95. The molecule has 110 valence electrons. The highest BCUT2D eigenvalue weighted by Crippen LogP contribution is 2.28. The summed E-state index contributed by atoms with van der Waals surface area (Å²) >= 11 is 4.84. The monoisotopic (exact) mass is 364 g/mol. The number of nitrogens with two attached hydrogens (primary N) is 1. The van der Waals surface area contributed by atoms with Crippen molar-refractivity contribution >= 4 is 45.0 Å². The number of rotatable bonds is 4. The van der Waals surface area contributed by atoms with E-state index in [1.807, 2.05) is 50.2 Å². The number of carbonyl (C=O) groups excluding carboxylic acids is 1. The van der Waals surface area contributed by atoms with Crippen LogP contribution in [0.5, 0.6) is 0 Å². The lowest BCUT2D eigenvalue weighted by Crippen LogP contribution is -2.15. The molecule has 0 spiro atoms. The van der Waals surface area contributed by atoms with Crippen LogP contribution < -0.4 is 11.1 Å². The number of aryl methyl sites for hydroxylation is 2. The molecular weight excluding hydrogens is 348 g/mol. The van der Waals surface area contributed by atoms with Gasteiger partial charge in [0.05, 0.1) is 5.75 Å². The second-order valence-corrected chi connectivity index (χ2v) is 6.77. The number of hydrogen-bond acceptors (Lipinski definition) is 3. The van der Waals surface area contributed by atoms with E-state index in [1.165, 1.54) is 11.8 Å². The SMILES string of the molecule is Cc1ccc(C)c(NC(=O)CSc2cc(Br)ccc2N)c1. The van der Waals surface area contributed by atoms with Crippen LogP contribution in [0.15, 0.2) is 45.8 Å². The molecule has 0 saturated heterocycles. The highest BCUT2D eigenvalue weighted by Gasteiger charge is 2.08. The van der Waals surface area contributed by atoms with Crippen molar-refractivity contribution in [2.75, 3.05) is 16.8 Å². The maximum atomic E-state index is 12.1. The highest BCUT2D eigenvalue weighted by atomic mass is 79.9. The van der Waals surface area contributed by atoms with Crippen LogP contribution in [0.3, 0.4) is 0 Å². The van der Waals surface area contributed by atoms with Crippen LogP contribution in [0.1, 0.15) is 11.1 Å². The second-order valence-electron chi connectivity index (χ2n) is 4.84. The minimum absolute atomic E-state index is 0.0342. The van der Waals surface area contributed by atoms with Gasteiger partial charge in [-0.25, -0.2) is 0 Å². The topological polar surface area (TPSA) is 55.1 Å². The molecule has 0 heterocycles. The van der Waals surface area contributed by atoms with Crippen molar-refractivity contribution in [3.63, 3.8) is 0 Å². The lowest BCUT2D eigenvalue weighted by atomic mass is 10.1. The molecule has 0 unspecified atom stereocenters. The summed E-state index contributed by atoms with van der Waals surface area (Å²) in [6.45, 7) is 3.99. The molecule has 0 saturated carbocycles. The van der Waals surface area contributed by atoms with Crippen LogP contribution in [0.2, 0.25) is 0 Å². The van der Waals surface area contributed by atoms with E-state index in [9.17, 15) is 4.79 Å². The van der Waals surface area contributed by atoms with Crippen LogP contribution in [0, 0.1) is 13.8 Å². The van der Waals surface area contributed by atoms with E-state index in [2.05, 4.69) is 21.2 Å². The number of anilines is 2. The molecular formula is C16H17BrN2OS. The molecule has 3 N–H and O–H groups in total. The van der Waals surface area contributed by atoms with E-state index in [-0.39, 0.29) is 5.91 Å². The first-order valence-electron chi connectivity index (χ1n) is 6.50. The Bertz CT molecular complexity index is 673. The zero-order valence-corrected chi connectivity index (χ0v) is 14.3. The van der Waals surface area contributed by atoms with Gasteiger partial charge in [0.1, 0.15) is 0 Å². The number of halogens is 1. The number of carbonyl (C=O) groups is 1. The summed E-state index contributed by atoms with van der Waals surface area (Å²) in [5, 5.41) is 2.94. The Labute approximate surface area is 137 Å². The van der Waals surface area contributed by atoms with Gasteiger partial charge in [-0.15, -0.1) is 11.8 Å². The Hall–Kier alpha value is -1.46. The maximum absolute atomic E-state index is 12.1. The van der Waals surface area contributed by atoms with Gasteiger partial charge in [-0.1, -0.05) is 28.1 Å². The Morgan fingerprint density at radius 3 is 2.76 bits per heavy atom. The van der Waals surface area contributed by atoms with Gasteiger partial charge in [0, 0.05) is 20.7 Å². The van der Waals surface area contributed by atoms with Crippen LogP contribution in [-0.2, 0) is 4.79 Å². The molecule has 0 aromatic heterocycles. The predicted octanol–water partition coefficient (Wildman–Crippen LogP) is 4.38. The first kappa shape index (κ1) is 15.9. The maximum Gasteiger partial charge on any atom is 0.234 e. The Balaban J connectivity index is 1.99. The molecule has 21 heavy (non-hydrogen) atoms. The number of thioether (sulfide) groups is 1. The van der Waals surface area contributed by atoms with E-state index in [0.29, 0.717) is 11.4 Å². The molecule has 2 aromatic rings. The molecule has 0 aliphatic heterocycles. The molecule has 0 aliphatic carbocycles. The van der Waals surface area contributed by atoms with Gasteiger partial charge in [-0.05, 0) is 49.2 Å². The third-order valence-electron chi connectivity index (χ3n) is 3.00. The minimum atomic E-state index is -0.0342. The third kappa shape index (κ3) is 4.51. The Morgan fingerprint density at radius 1 is 1.24 bits per heavy atom. The molecule has 2 rings (SSSR count). The molecule has 0 fully saturated rings. The molecule has 2 aromatic carbocycles. The summed E-state index contributed by atoms with van der Waals surface area (Å²) in [5.74, 6) is 0.293. The zero-order chi connectivity index (χ0) is 15.4. The average Bonchev–Trinajstić information content (AvgIpc) is 2.44. The van der Waals surface area contributed by atoms with Gasteiger partial charge in [-0.2, -0.15) is 0 Å². The van der Waals surface area contributed by atoms with Gasteiger partial charge in [0.2, 0.25) is 5.91 Å². The zero-order valence-electron chi connectivity index (χ0n) is 11.9. The number of nitrogens with one attached hydrogen (secondary N) is 1. The van der Waals surface area contributed by atoms with Gasteiger partial charge in [0.25, 0.3) is 0 Å². The molecule has 0 atom stereocenters. The Morgan fingerprint density at radius 2 is 2.00 bits per heavy atom. The fraction of sp³-hybridized carbons (Fsp3) is 0.188. The minimum Gasteiger partial charge on any atom is -0.398 e. The molecule has 0 aliphatic rings. The van der Waals surface area contributed by atoms with E-state index in [0.717, 1.165) is 26.2 Å². The van der Waals surface area contributed by atoms with Crippen LogP contribution in [-0.4, -0.2) is 11.7 Å². The lowest BCUT2D eigenvalue weighted by molar-refractivity contribution is -0.113. The lowest BCUT2D eigenvalue weighted by Gasteiger charge is -2.10. The van der Waals surface area contributed by atoms with E-state index in [4.69, 9.17) is 5.73 Å². The normalized spacial score (nSPS) is 10.4. The summed E-state index contributed by atoms with van der Waals surface area (Å²) in [5.41, 5.74) is 9.63.